The third kappa shape index (κ3) is 4.35. The van der Waals surface area contributed by atoms with Crippen LogP contribution < -0.4 is 0 Å². The van der Waals surface area contributed by atoms with Gasteiger partial charge >= 0.3 is 0 Å². The van der Waals surface area contributed by atoms with Gasteiger partial charge in [0.25, 0.3) is 5.91 Å². The molecule has 0 radical (unpaired) electrons. The Balaban J connectivity index is 1.68. The second-order valence-electron chi connectivity index (χ2n) is 5.61. The highest BCUT2D eigenvalue weighted by Gasteiger charge is 2.13. The van der Waals surface area contributed by atoms with E-state index in [4.69, 9.17) is 5.11 Å². The van der Waals surface area contributed by atoms with Gasteiger partial charge in [-0.2, -0.15) is 0 Å². The van der Waals surface area contributed by atoms with Crippen molar-refractivity contribution in [3.8, 4) is 0 Å². The Morgan fingerprint density at radius 1 is 1.12 bits per heavy atom. The Hall–Kier alpha value is -2.44. The molecule has 6 heteroatoms. The maximum absolute atomic E-state index is 12.6. The molecule has 1 N–H and O–H groups in total. The zero-order chi connectivity index (χ0) is 17.6. The monoisotopic (exact) mass is 353 g/mol. The fourth-order valence-corrected chi connectivity index (χ4v) is 3.12. The highest BCUT2D eigenvalue weighted by molar-refractivity contribution is 7.99. The van der Waals surface area contributed by atoms with E-state index < -0.39 is 0 Å². The molecule has 128 valence electrons. The van der Waals surface area contributed by atoms with Gasteiger partial charge in [-0.15, -0.1) is 11.8 Å². The van der Waals surface area contributed by atoms with E-state index in [0.717, 1.165) is 21.6 Å². The van der Waals surface area contributed by atoms with Gasteiger partial charge < -0.3 is 10.0 Å². The van der Waals surface area contributed by atoms with Crippen molar-refractivity contribution in [2.24, 2.45) is 0 Å². The fraction of sp³-hybridized carbons (Fsp3) is 0.211. The molecule has 5 nitrogen and oxygen atoms in total. The minimum atomic E-state index is -0.0614. The number of carbonyl (C=O) groups is 1. The fourth-order valence-electron chi connectivity index (χ4n) is 2.46. The molecular weight excluding hydrogens is 334 g/mol. The van der Waals surface area contributed by atoms with Crippen LogP contribution in [0.2, 0.25) is 0 Å². The summed E-state index contributed by atoms with van der Waals surface area (Å²) >= 11 is 1.56. The number of fused-ring (bicyclic) bond motifs is 1. The van der Waals surface area contributed by atoms with Crippen molar-refractivity contribution >= 4 is 28.7 Å². The van der Waals surface area contributed by atoms with Crippen molar-refractivity contribution in [2.75, 3.05) is 19.4 Å². The summed E-state index contributed by atoms with van der Waals surface area (Å²) in [4.78, 5) is 24.2. The summed E-state index contributed by atoms with van der Waals surface area (Å²) in [6.07, 6.45) is 1.71. The summed E-state index contributed by atoms with van der Waals surface area (Å²) in [5.74, 6) is 0.585. The molecule has 3 rings (SSSR count). The van der Waals surface area contributed by atoms with E-state index in [9.17, 15) is 4.79 Å². The predicted octanol–water partition coefficient (Wildman–Crippen LogP) is 2.99. The lowest BCUT2D eigenvalue weighted by molar-refractivity contribution is 0.0783. The lowest BCUT2D eigenvalue weighted by atomic mass is 10.2. The Bertz CT molecular complexity index is 868. The summed E-state index contributed by atoms with van der Waals surface area (Å²) in [5, 5.41) is 8.86. The summed E-state index contributed by atoms with van der Waals surface area (Å²) in [6, 6.07) is 15.1. The Morgan fingerprint density at radius 3 is 2.56 bits per heavy atom. The van der Waals surface area contributed by atoms with Crippen LogP contribution in [0.5, 0.6) is 0 Å². The standard InChI is InChI=1S/C19H19N3O2S/c1-22(13-15-12-20-17-4-2-3-5-18(17)21-15)19(24)14-6-8-16(9-7-14)25-11-10-23/h2-9,12,23H,10-11,13H2,1H3. The van der Waals surface area contributed by atoms with Crippen LogP contribution in [0.1, 0.15) is 16.1 Å². The average Bonchev–Trinajstić information content (AvgIpc) is 2.66. The maximum atomic E-state index is 12.6. The normalized spacial score (nSPS) is 10.8. The molecule has 0 spiro atoms. The maximum Gasteiger partial charge on any atom is 0.253 e. The molecule has 0 saturated heterocycles. The van der Waals surface area contributed by atoms with Crippen LogP contribution in [0.4, 0.5) is 0 Å². The second kappa shape index (κ2) is 8.09. The van der Waals surface area contributed by atoms with Crippen LogP contribution in [0, 0.1) is 0 Å². The minimum absolute atomic E-state index is 0.0614. The summed E-state index contributed by atoms with van der Waals surface area (Å²) in [5.41, 5.74) is 3.05. The molecule has 0 fully saturated rings. The average molecular weight is 353 g/mol. The van der Waals surface area contributed by atoms with Gasteiger partial charge in [-0.1, -0.05) is 12.1 Å². The van der Waals surface area contributed by atoms with Crippen molar-refractivity contribution < 1.29 is 9.90 Å². The lowest BCUT2D eigenvalue weighted by Gasteiger charge is -2.17. The number of amides is 1. The number of hydrogen-bond donors (Lipinski definition) is 1. The summed E-state index contributed by atoms with van der Waals surface area (Å²) in [7, 11) is 1.76. The Morgan fingerprint density at radius 2 is 1.84 bits per heavy atom. The van der Waals surface area contributed by atoms with Crippen molar-refractivity contribution in [1.82, 2.24) is 14.9 Å². The zero-order valence-electron chi connectivity index (χ0n) is 13.9. The van der Waals surface area contributed by atoms with Crippen molar-refractivity contribution in [3.05, 3.63) is 66.0 Å². The molecule has 1 amide bonds. The number of carbonyl (C=O) groups excluding carboxylic acids is 1. The topological polar surface area (TPSA) is 66.3 Å². The molecule has 0 bridgehead atoms. The summed E-state index contributed by atoms with van der Waals surface area (Å²) in [6.45, 7) is 0.540. The molecule has 1 aromatic heterocycles. The molecular formula is C19H19N3O2S. The number of aromatic nitrogens is 2. The molecule has 0 aliphatic heterocycles. The predicted molar refractivity (Wildman–Crippen MR) is 99.6 cm³/mol. The van der Waals surface area contributed by atoms with E-state index in [1.165, 1.54) is 0 Å². The Kier molecular flexibility index (Phi) is 5.63. The van der Waals surface area contributed by atoms with Gasteiger partial charge in [-0.05, 0) is 36.4 Å². The lowest BCUT2D eigenvalue weighted by Crippen LogP contribution is -2.26. The number of thioether (sulfide) groups is 1. The smallest absolute Gasteiger partial charge is 0.253 e. The largest absolute Gasteiger partial charge is 0.396 e. The third-order valence-corrected chi connectivity index (χ3v) is 4.70. The summed E-state index contributed by atoms with van der Waals surface area (Å²) < 4.78 is 0. The van der Waals surface area contributed by atoms with Crippen LogP contribution in [0.15, 0.2) is 59.6 Å². The van der Waals surface area contributed by atoms with E-state index >= 15 is 0 Å². The molecule has 0 unspecified atom stereocenters. The molecule has 0 atom stereocenters. The number of nitrogens with zero attached hydrogens (tertiary/aromatic N) is 3. The number of hydrogen-bond acceptors (Lipinski definition) is 5. The number of aliphatic hydroxyl groups excluding tert-OH is 1. The first-order chi connectivity index (χ1) is 12.2. The molecule has 2 aromatic carbocycles. The van der Waals surface area contributed by atoms with Gasteiger partial charge in [0.05, 0.1) is 36.1 Å². The molecule has 1 heterocycles. The quantitative estimate of drug-likeness (QED) is 0.690. The van der Waals surface area contributed by atoms with Gasteiger partial charge in [-0.3, -0.25) is 9.78 Å². The molecule has 0 aliphatic rings. The van der Waals surface area contributed by atoms with E-state index in [2.05, 4.69) is 9.97 Å². The molecule has 0 saturated carbocycles. The van der Waals surface area contributed by atoms with Crippen LogP contribution in [0.3, 0.4) is 0 Å². The van der Waals surface area contributed by atoms with Gasteiger partial charge in [0.2, 0.25) is 0 Å². The Labute approximate surface area is 150 Å². The van der Waals surface area contributed by atoms with E-state index in [-0.39, 0.29) is 12.5 Å². The molecule has 25 heavy (non-hydrogen) atoms. The zero-order valence-corrected chi connectivity index (χ0v) is 14.7. The van der Waals surface area contributed by atoms with Gasteiger partial charge in [0.1, 0.15) is 0 Å². The van der Waals surface area contributed by atoms with Crippen LogP contribution in [-0.2, 0) is 6.54 Å². The van der Waals surface area contributed by atoms with Crippen molar-refractivity contribution in [1.29, 1.82) is 0 Å². The van der Waals surface area contributed by atoms with Crippen molar-refractivity contribution in [2.45, 2.75) is 11.4 Å². The van der Waals surface area contributed by atoms with Gasteiger partial charge in [-0.25, -0.2) is 4.98 Å². The van der Waals surface area contributed by atoms with E-state index in [1.807, 2.05) is 48.5 Å². The number of aliphatic hydroxyl groups is 1. The minimum Gasteiger partial charge on any atom is -0.396 e. The van der Waals surface area contributed by atoms with Crippen molar-refractivity contribution in [3.63, 3.8) is 0 Å². The first-order valence-corrected chi connectivity index (χ1v) is 8.96. The van der Waals surface area contributed by atoms with Gasteiger partial charge in [0.15, 0.2) is 0 Å². The van der Waals surface area contributed by atoms with Crippen LogP contribution >= 0.6 is 11.8 Å². The van der Waals surface area contributed by atoms with Gasteiger partial charge in [0, 0.05) is 23.3 Å². The highest BCUT2D eigenvalue weighted by atomic mass is 32.2. The second-order valence-corrected chi connectivity index (χ2v) is 6.78. The number of para-hydroxylation sites is 2. The van der Waals surface area contributed by atoms with Crippen LogP contribution in [0.25, 0.3) is 11.0 Å². The van der Waals surface area contributed by atoms with Crippen LogP contribution in [-0.4, -0.2) is 45.3 Å². The molecule has 0 aliphatic carbocycles. The number of benzene rings is 2. The molecule has 3 aromatic rings. The van der Waals surface area contributed by atoms with E-state index in [1.54, 1.807) is 29.9 Å². The first kappa shape index (κ1) is 17.4. The third-order valence-electron chi connectivity index (χ3n) is 3.71. The number of rotatable bonds is 6. The highest BCUT2D eigenvalue weighted by Crippen LogP contribution is 2.19. The first-order valence-electron chi connectivity index (χ1n) is 7.97. The SMILES string of the molecule is CN(Cc1cnc2ccccc2n1)C(=O)c1ccc(SCCO)cc1. The van der Waals surface area contributed by atoms with E-state index in [0.29, 0.717) is 17.9 Å².